The van der Waals surface area contributed by atoms with Crippen LogP contribution in [0.3, 0.4) is 0 Å². The number of ether oxygens (including phenoxy) is 1. The van der Waals surface area contributed by atoms with Gasteiger partial charge in [-0.3, -0.25) is 4.79 Å². The predicted octanol–water partition coefficient (Wildman–Crippen LogP) is 3.99. The Morgan fingerprint density at radius 1 is 1.12 bits per heavy atom. The van der Waals surface area contributed by atoms with Gasteiger partial charge >= 0.3 is 0 Å². The van der Waals surface area contributed by atoms with Gasteiger partial charge in [-0.05, 0) is 63.5 Å². The van der Waals surface area contributed by atoms with Gasteiger partial charge in [0.25, 0.3) is 11.9 Å². The van der Waals surface area contributed by atoms with E-state index in [-0.39, 0.29) is 17.6 Å². The first-order chi connectivity index (χ1) is 16.0. The molecule has 3 aliphatic rings. The molecule has 0 radical (unpaired) electrons. The summed E-state index contributed by atoms with van der Waals surface area (Å²) in [6, 6.07) is 8.54. The predicted molar refractivity (Wildman–Crippen MR) is 124 cm³/mol. The molecule has 3 heterocycles. The van der Waals surface area contributed by atoms with E-state index < -0.39 is 0 Å². The van der Waals surface area contributed by atoms with Crippen LogP contribution >= 0.6 is 0 Å². The topological polar surface area (TPSA) is 81.9 Å². The van der Waals surface area contributed by atoms with Crippen molar-refractivity contribution in [3.63, 3.8) is 0 Å². The van der Waals surface area contributed by atoms with Gasteiger partial charge in [0.2, 0.25) is 0 Å². The zero-order chi connectivity index (χ0) is 22.6. The van der Waals surface area contributed by atoms with E-state index in [0.717, 1.165) is 55.5 Å². The first kappa shape index (κ1) is 20.5. The molecule has 170 valence electrons. The molecule has 1 atom stereocenters. The maximum Gasteiger partial charge on any atom is 0.255 e. The number of rotatable bonds is 4. The van der Waals surface area contributed by atoms with E-state index in [0.29, 0.717) is 24.0 Å². The molecule has 1 aromatic carbocycles. The molecule has 1 saturated heterocycles. The minimum atomic E-state index is -0.215. The third-order valence-electron chi connectivity index (χ3n) is 7.02. The van der Waals surface area contributed by atoms with Crippen LogP contribution in [-0.4, -0.2) is 43.9 Å². The molecule has 7 heteroatoms. The zero-order valence-corrected chi connectivity index (χ0v) is 19.2. The lowest BCUT2D eigenvalue weighted by molar-refractivity contribution is -0.0615. The fourth-order valence-electron chi connectivity index (χ4n) is 5.21. The average Bonchev–Trinajstić information content (AvgIpc) is 3.55. The molecule has 1 saturated carbocycles. The van der Waals surface area contributed by atoms with Gasteiger partial charge in [0.05, 0.1) is 28.7 Å². The fraction of sp³-hybridized carbons (Fsp3) is 0.462. The third kappa shape index (κ3) is 3.84. The number of aryl methyl sites for hydroxylation is 2. The number of hydrogen-bond acceptors (Lipinski definition) is 5. The van der Waals surface area contributed by atoms with Crippen molar-refractivity contribution in [2.24, 2.45) is 0 Å². The molecular weight excluding hydrogens is 414 g/mol. The van der Waals surface area contributed by atoms with Crippen LogP contribution in [0.1, 0.15) is 72.6 Å². The van der Waals surface area contributed by atoms with Gasteiger partial charge in [-0.1, -0.05) is 24.3 Å². The molecule has 1 amide bonds. The minimum Gasteiger partial charge on any atom is -0.375 e. The lowest BCUT2D eigenvalue weighted by Crippen LogP contribution is -2.45. The Labute approximate surface area is 193 Å². The Hall–Kier alpha value is -3.06. The standard InChI is InChI=1S/C26H29N5O2/c1-26(2)13-19(11-12-33-26)29-24(32)21-15-28-31(23(21)17-8-9-17)25-27-14-18-10-7-16-5-3-4-6-20(16)22(18)30-25/h3-6,14-15,17,19H,7-13H2,1-2H3,(H,29,32)/t19-/m0/s1. The van der Waals surface area contributed by atoms with Gasteiger partial charge in [0, 0.05) is 30.3 Å². The molecule has 1 N–H and O–H groups in total. The van der Waals surface area contributed by atoms with Crippen LogP contribution < -0.4 is 5.32 Å². The summed E-state index contributed by atoms with van der Waals surface area (Å²) in [6.45, 7) is 4.81. The number of hydrogen-bond donors (Lipinski definition) is 1. The molecule has 2 fully saturated rings. The molecule has 7 nitrogen and oxygen atoms in total. The quantitative estimate of drug-likeness (QED) is 0.659. The Balaban J connectivity index is 1.33. The number of fused-ring (bicyclic) bond motifs is 3. The molecule has 6 rings (SSSR count). The molecule has 3 aromatic rings. The number of nitrogens with zero attached hydrogens (tertiary/aromatic N) is 4. The smallest absolute Gasteiger partial charge is 0.255 e. The van der Waals surface area contributed by atoms with Crippen LogP contribution in [0.5, 0.6) is 0 Å². The molecule has 1 aliphatic heterocycles. The summed E-state index contributed by atoms with van der Waals surface area (Å²) < 4.78 is 7.59. The van der Waals surface area contributed by atoms with Gasteiger partial charge in [0.15, 0.2) is 0 Å². The highest BCUT2D eigenvalue weighted by molar-refractivity contribution is 5.95. The Kier molecular flexibility index (Phi) is 4.83. The van der Waals surface area contributed by atoms with Crippen molar-refractivity contribution in [3.8, 4) is 17.2 Å². The number of benzene rings is 1. The molecule has 2 aliphatic carbocycles. The van der Waals surface area contributed by atoms with E-state index >= 15 is 0 Å². The van der Waals surface area contributed by atoms with E-state index in [1.807, 2.05) is 6.20 Å². The molecule has 33 heavy (non-hydrogen) atoms. The van der Waals surface area contributed by atoms with Crippen LogP contribution in [0.2, 0.25) is 0 Å². The lowest BCUT2D eigenvalue weighted by Gasteiger charge is -2.35. The first-order valence-corrected chi connectivity index (χ1v) is 12.0. The second-order valence-electron chi connectivity index (χ2n) is 10.1. The Bertz CT molecular complexity index is 1230. The average molecular weight is 444 g/mol. The van der Waals surface area contributed by atoms with E-state index in [1.54, 1.807) is 10.9 Å². The monoisotopic (exact) mass is 443 g/mol. The molecule has 0 spiro atoms. The van der Waals surface area contributed by atoms with E-state index in [2.05, 4.69) is 53.5 Å². The van der Waals surface area contributed by atoms with Gasteiger partial charge in [-0.15, -0.1) is 0 Å². The van der Waals surface area contributed by atoms with Crippen molar-refractivity contribution in [2.45, 2.75) is 69.9 Å². The van der Waals surface area contributed by atoms with Crippen molar-refractivity contribution < 1.29 is 9.53 Å². The van der Waals surface area contributed by atoms with Crippen LogP contribution in [0, 0.1) is 0 Å². The highest BCUT2D eigenvalue weighted by Crippen LogP contribution is 2.42. The van der Waals surface area contributed by atoms with Crippen LogP contribution in [0.4, 0.5) is 0 Å². The van der Waals surface area contributed by atoms with Crippen LogP contribution in [0.15, 0.2) is 36.7 Å². The van der Waals surface area contributed by atoms with Crippen molar-refractivity contribution in [2.75, 3.05) is 6.61 Å². The van der Waals surface area contributed by atoms with E-state index in [9.17, 15) is 4.79 Å². The SMILES string of the molecule is CC1(C)C[C@@H](NC(=O)c2cnn(-c3ncc4c(n3)-c3ccccc3CC4)c2C2CC2)CCO1. The van der Waals surface area contributed by atoms with Crippen molar-refractivity contribution in [1.29, 1.82) is 0 Å². The van der Waals surface area contributed by atoms with Gasteiger partial charge in [0.1, 0.15) is 0 Å². The molecule has 0 unspecified atom stereocenters. The Morgan fingerprint density at radius 2 is 1.94 bits per heavy atom. The van der Waals surface area contributed by atoms with Crippen molar-refractivity contribution in [3.05, 3.63) is 59.0 Å². The lowest BCUT2D eigenvalue weighted by atomic mass is 9.90. The van der Waals surface area contributed by atoms with Crippen LogP contribution in [0.25, 0.3) is 17.2 Å². The second-order valence-corrected chi connectivity index (χ2v) is 10.1. The maximum atomic E-state index is 13.3. The largest absolute Gasteiger partial charge is 0.375 e. The summed E-state index contributed by atoms with van der Waals surface area (Å²) in [6.07, 6.45) is 9.31. The summed E-state index contributed by atoms with van der Waals surface area (Å²) in [5, 5.41) is 7.83. The normalized spacial score (nSPS) is 21.2. The van der Waals surface area contributed by atoms with Crippen molar-refractivity contribution in [1.82, 2.24) is 25.1 Å². The number of carbonyl (C=O) groups excluding carboxylic acids is 1. The molecule has 2 aromatic heterocycles. The molecular formula is C26H29N5O2. The van der Waals surface area contributed by atoms with Gasteiger partial charge < -0.3 is 10.1 Å². The summed E-state index contributed by atoms with van der Waals surface area (Å²) in [5.41, 5.74) is 5.99. The van der Waals surface area contributed by atoms with E-state index in [4.69, 9.17) is 9.72 Å². The maximum absolute atomic E-state index is 13.3. The minimum absolute atomic E-state index is 0.0610. The summed E-state index contributed by atoms with van der Waals surface area (Å²) >= 11 is 0. The number of nitrogens with one attached hydrogen (secondary N) is 1. The van der Waals surface area contributed by atoms with E-state index in [1.165, 1.54) is 11.1 Å². The van der Waals surface area contributed by atoms with Gasteiger partial charge in [-0.25, -0.2) is 14.6 Å². The second kappa shape index (κ2) is 7.76. The summed E-state index contributed by atoms with van der Waals surface area (Å²) in [7, 11) is 0. The fourth-order valence-corrected chi connectivity index (χ4v) is 5.21. The first-order valence-electron chi connectivity index (χ1n) is 12.0. The highest BCUT2D eigenvalue weighted by atomic mass is 16.5. The number of aromatic nitrogens is 4. The third-order valence-corrected chi connectivity index (χ3v) is 7.02. The Morgan fingerprint density at radius 3 is 2.76 bits per heavy atom. The van der Waals surface area contributed by atoms with Crippen LogP contribution in [-0.2, 0) is 17.6 Å². The zero-order valence-electron chi connectivity index (χ0n) is 19.2. The molecule has 0 bridgehead atoms. The summed E-state index contributed by atoms with van der Waals surface area (Å²) in [4.78, 5) is 22.9. The summed E-state index contributed by atoms with van der Waals surface area (Å²) in [5.74, 6) is 0.805. The van der Waals surface area contributed by atoms with Gasteiger partial charge in [-0.2, -0.15) is 5.10 Å². The number of amides is 1. The highest BCUT2D eigenvalue weighted by Gasteiger charge is 2.35. The van der Waals surface area contributed by atoms with Crippen molar-refractivity contribution >= 4 is 5.91 Å². The number of carbonyl (C=O) groups is 1.